The Morgan fingerprint density at radius 3 is 2.12 bits per heavy atom. The van der Waals surface area contributed by atoms with Crippen LogP contribution in [-0.2, 0) is 19.7 Å². The van der Waals surface area contributed by atoms with Gasteiger partial charge in [0.2, 0.25) is 0 Å². The Hall–Kier alpha value is -0.920. The maximum Gasteiger partial charge on any atom is 0.183 e. The number of aryl methyl sites for hydroxylation is 1. The van der Waals surface area contributed by atoms with E-state index in [2.05, 4.69) is 18.7 Å². The molecule has 7 heteroatoms. The van der Waals surface area contributed by atoms with Gasteiger partial charge in [-0.2, -0.15) is 0 Å². The molecular formula is C18H27NO4S2. The van der Waals surface area contributed by atoms with Crippen molar-refractivity contribution in [3.8, 4) is 0 Å². The standard InChI is InChI=1S/C18H27NO4S2/c1-13-4-6-16(7-5-13)25(22,23)18-12-24(20,21)11-17(18)19-9-14(2)8-15(3)10-19/h4-7,14-15,17-18H,8-12H2,1-3H3. The average molecular weight is 386 g/mol. The number of hydrogen-bond donors (Lipinski definition) is 0. The zero-order valence-corrected chi connectivity index (χ0v) is 16.7. The molecule has 0 saturated carbocycles. The lowest BCUT2D eigenvalue weighted by molar-refractivity contribution is 0.107. The molecule has 0 bridgehead atoms. The highest BCUT2D eigenvalue weighted by Crippen LogP contribution is 2.32. The van der Waals surface area contributed by atoms with Crippen molar-refractivity contribution in [3.63, 3.8) is 0 Å². The third-order valence-electron chi connectivity index (χ3n) is 5.39. The quantitative estimate of drug-likeness (QED) is 0.795. The summed E-state index contributed by atoms with van der Waals surface area (Å²) in [6.07, 6.45) is 1.10. The van der Waals surface area contributed by atoms with Crippen LogP contribution in [0.3, 0.4) is 0 Å². The minimum atomic E-state index is -3.68. The number of likely N-dealkylation sites (tertiary alicyclic amines) is 1. The van der Waals surface area contributed by atoms with E-state index in [0.717, 1.165) is 25.1 Å². The lowest BCUT2D eigenvalue weighted by Crippen LogP contribution is -2.51. The number of hydrogen-bond acceptors (Lipinski definition) is 5. The fourth-order valence-electron chi connectivity index (χ4n) is 4.32. The summed E-state index contributed by atoms with van der Waals surface area (Å²) in [5.41, 5.74) is 0.980. The fourth-order valence-corrected chi connectivity index (χ4v) is 9.15. The maximum absolute atomic E-state index is 13.2. The van der Waals surface area contributed by atoms with Gasteiger partial charge in [-0.3, -0.25) is 4.90 Å². The van der Waals surface area contributed by atoms with E-state index in [9.17, 15) is 16.8 Å². The SMILES string of the molecule is Cc1ccc(S(=O)(=O)C2CS(=O)(=O)CC2N2CC(C)CC(C)C2)cc1. The maximum atomic E-state index is 13.2. The summed E-state index contributed by atoms with van der Waals surface area (Å²) in [4.78, 5) is 2.34. The van der Waals surface area contributed by atoms with E-state index >= 15 is 0 Å². The molecule has 140 valence electrons. The molecule has 5 nitrogen and oxygen atoms in total. The molecule has 3 rings (SSSR count). The number of piperidine rings is 1. The molecule has 0 spiro atoms. The predicted octanol–water partition coefficient (Wildman–Crippen LogP) is 1.91. The molecule has 0 N–H and O–H groups in total. The van der Waals surface area contributed by atoms with E-state index in [1.165, 1.54) is 0 Å². The summed E-state index contributed by atoms with van der Waals surface area (Å²) in [6.45, 7) is 7.73. The Bertz CT molecular complexity index is 820. The highest BCUT2D eigenvalue weighted by atomic mass is 32.2. The second kappa shape index (κ2) is 6.67. The molecule has 0 aliphatic carbocycles. The van der Waals surface area contributed by atoms with Crippen LogP contribution in [0.25, 0.3) is 0 Å². The van der Waals surface area contributed by atoms with Gasteiger partial charge in [0.1, 0.15) is 0 Å². The smallest absolute Gasteiger partial charge is 0.183 e. The van der Waals surface area contributed by atoms with Crippen LogP contribution in [0.1, 0.15) is 25.8 Å². The minimum absolute atomic E-state index is 0.0534. The van der Waals surface area contributed by atoms with Gasteiger partial charge in [-0.25, -0.2) is 16.8 Å². The van der Waals surface area contributed by atoms with Crippen LogP contribution in [0.4, 0.5) is 0 Å². The first-order valence-electron chi connectivity index (χ1n) is 8.83. The van der Waals surface area contributed by atoms with E-state index < -0.39 is 31.0 Å². The van der Waals surface area contributed by atoms with Gasteiger partial charge < -0.3 is 0 Å². The first-order chi connectivity index (χ1) is 11.6. The van der Waals surface area contributed by atoms with E-state index in [1.807, 2.05) is 6.92 Å². The molecule has 0 radical (unpaired) electrons. The summed E-state index contributed by atoms with van der Waals surface area (Å²) in [5, 5.41) is -0.877. The van der Waals surface area contributed by atoms with Gasteiger partial charge in [-0.05, 0) is 37.3 Å². The molecule has 4 atom stereocenters. The highest BCUT2D eigenvalue weighted by Gasteiger charge is 2.49. The van der Waals surface area contributed by atoms with Crippen molar-refractivity contribution >= 4 is 19.7 Å². The summed E-state index contributed by atoms with van der Waals surface area (Å²) in [5.74, 6) is 0.583. The summed E-state index contributed by atoms with van der Waals surface area (Å²) in [6, 6.07) is 6.26. The van der Waals surface area contributed by atoms with Crippen molar-refractivity contribution in [3.05, 3.63) is 29.8 Å². The van der Waals surface area contributed by atoms with Crippen molar-refractivity contribution in [1.29, 1.82) is 0 Å². The van der Waals surface area contributed by atoms with Crippen LogP contribution in [0.15, 0.2) is 29.2 Å². The molecule has 2 fully saturated rings. The lowest BCUT2D eigenvalue weighted by atomic mass is 9.91. The molecule has 2 saturated heterocycles. The van der Waals surface area contributed by atoms with Crippen molar-refractivity contribution in [1.82, 2.24) is 4.90 Å². The highest BCUT2D eigenvalue weighted by molar-refractivity contribution is 7.96. The van der Waals surface area contributed by atoms with Crippen molar-refractivity contribution < 1.29 is 16.8 Å². The molecule has 2 heterocycles. The van der Waals surface area contributed by atoms with Crippen LogP contribution >= 0.6 is 0 Å². The Balaban J connectivity index is 1.96. The van der Waals surface area contributed by atoms with Crippen LogP contribution in [-0.4, -0.2) is 57.6 Å². The van der Waals surface area contributed by atoms with Gasteiger partial charge in [0.25, 0.3) is 0 Å². The number of rotatable bonds is 3. The fraction of sp³-hybridized carbons (Fsp3) is 0.667. The van der Waals surface area contributed by atoms with E-state index in [0.29, 0.717) is 11.8 Å². The molecule has 1 aromatic carbocycles. The first-order valence-corrected chi connectivity index (χ1v) is 12.2. The van der Waals surface area contributed by atoms with Crippen LogP contribution in [0.5, 0.6) is 0 Å². The third kappa shape index (κ3) is 3.93. The minimum Gasteiger partial charge on any atom is -0.297 e. The third-order valence-corrected chi connectivity index (χ3v) is 9.52. The normalized spacial score (nSPS) is 33.4. The zero-order chi connectivity index (χ0) is 18.4. The molecule has 25 heavy (non-hydrogen) atoms. The van der Waals surface area contributed by atoms with Crippen molar-refractivity contribution in [2.45, 2.75) is 43.4 Å². The number of benzene rings is 1. The van der Waals surface area contributed by atoms with Gasteiger partial charge in [-0.1, -0.05) is 31.5 Å². The van der Waals surface area contributed by atoms with E-state index in [-0.39, 0.29) is 16.4 Å². The molecule has 0 aromatic heterocycles. The Morgan fingerprint density at radius 1 is 1.00 bits per heavy atom. The van der Waals surface area contributed by atoms with Gasteiger partial charge in [0, 0.05) is 19.1 Å². The monoisotopic (exact) mass is 385 g/mol. The second-order valence-electron chi connectivity index (χ2n) is 7.94. The summed E-state index contributed by atoms with van der Waals surface area (Å²) < 4.78 is 50.9. The molecule has 2 aliphatic rings. The van der Waals surface area contributed by atoms with Crippen molar-refractivity contribution in [2.75, 3.05) is 24.6 Å². The lowest BCUT2D eigenvalue weighted by Gasteiger charge is -2.40. The van der Waals surface area contributed by atoms with Crippen LogP contribution in [0.2, 0.25) is 0 Å². The Kier molecular flexibility index (Phi) is 5.03. The molecule has 0 amide bonds. The zero-order valence-electron chi connectivity index (χ0n) is 15.1. The second-order valence-corrected chi connectivity index (χ2v) is 12.3. The van der Waals surface area contributed by atoms with Crippen LogP contribution < -0.4 is 0 Å². The largest absolute Gasteiger partial charge is 0.297 e. The number of sulfone groups is 2. The Labute approximate surface area is 151 Å². The average Bonchev–Trinajstić information content (AvgIpc) is 2.83. The van der Waals surface area contributed by atoms with E-state index in [1.54, 1.807) is 24.3 Å². The molecule has 2 aliphatic heterocycles. The Morgan fingerprint density at radius 2 is 1.56 bits per heavy atom. The van der Waals surface area contributed by atoms with Gasteiger partial charge >= 0.3 is 0 Å². The van der Waals surface area contributed by atoms with Gasteiger partial charge in [0.15, 0.2) is 19.7 Å². The molecule has 1 aromatic rings. The molecular weight excluding hydrogens is 358 g/mol. The topological polar surface area (TPSA) is 71.5 Å². The molecule has 4 unspecified atom stereocenters. The van der Waals surface area contributed by atoms with E-state index in [4.69, 9.17) is 0 Å². The van der Waals surface area contributed by atoms with Crippen molar-refractivity contribution in [2.24, 2.45) is 11.8 Å². The predicted molar refractivity (Wildman–Crippen MR) is 99.1 cm³/mol. The summed E-state index contributed by atoms with van der Waals surface area (Å²) >= 11 is 0. The van der Waals surface area contributed by atoms with Gasteiger partial charge in [0.05, 0.1) is 21.7 Å². The first kappa shape index (κ1) is 18.9. The number of nitrogens with zero attached hydrogens (tertiary/aromatic N) is 1. The summed E-state index contributed by atoms with van der Waals surface area (Å²) in [7, 11) is -7.03. The van der Waals surface area contributed by atoms with Crippen LogP contribution in [0, 0.1) is 18.8 Å². The van der Waals surface area contributed by atoms with Gasteiger partial charge in [-0.15, -0.1) is 0 Å².